The summed E-state index contributed by atoms with van der Waals surface area (Å²) in [5.74, 6) is 0.740. The van der Waals surface area contributed by atoms with Gasteiger partial charge >= 0.3 is 0 Å². The molecule has 2 unspecified atom stereocenters. The highest BCUT2D eigenvalue weighted by atomic mass is 79.9. The largest absolute Gasteiger partial charge is 0.381 e. The molecule has 0 aliphatic carbocycles. The molecule has 0 saturated carbocycles. The lowest BCUT2D eigenvalue weighted by atomic mass is 9.97. The predicted octanol–water partition coefficient (Wildman–Crippen LogP) is 3.65. The lowest BCUT2D eigenvalue weighted by molar-refractivity contribution is 0.0484. The van der Waals surface area contributed by atoms with E-state index in [1.165, 1.54) is 17.7 Å². The summed E-state index contributed by atoms with van der Waals surface area (Å²) < 4.78 is 6.61. The van der Waals surface area contributed by atoms with Gasteiger partial charge in [-0.1, -0.05) is 6.92 Å². The maximum Gasteiger partial charge on any atom is 0.0591 e. The van der Waals surface area contributed by atoms with Crippen LogP contribution in [-0.2, 0) is 4.74 Å². The molecular weight excluding hydrogens is 336 g/mol. The number of hydrogen-bond acceptors (Lipinski definition) is 4. The van der Waals surface area contributed by atoms with Crippen LogP contribution < -0.4 is 5.73 Å². The van der Waals surface area contributed by atoms with Crippen molar-refractivity contribution in [1.82, 2.24) is 4.90 Å². The Bertz CT molecular complexity index is 406. The number of hydrogen-bond donors (Lipinski definition) is 1. The van der Waals surface area contributed by atoms with E-state index in [9.17, 15) is 0 Å². The Labute approximate surface area is 134 Å². The molecule has 0 bridgehead atoms. The molecule has 20 heavy (non-hydrogen) atoms. The van der Waals surface area contributed by atoms with Crippen molar-refractivity contribution in [3.63, 3.8) is 0 Å². The first-order valence-electron chi connectivity index (χ1n) is 7.39. The lowest BCUT2D eigenvalue weighted by Gasteiger charge is -2.35. The summed E-state index contributed by atoms with van der Waals surface area (Å²) in [6, 6.07) is 2.72. The number of ether oxygens (including phenoxy) is 1. The van der Waals surface area contributed by atoms with Crippen molar-refractivity contribution in [2.75, 3.05) is 26.8 Å². The van der Waals surface area contributed by atoms with E-state index in [4.69, 9.17) is 10.5 Å². The molecule has 2 heterocycles. The molecule has 1 aliphatic rings. The number of rotatable bonds is 6. The van der Waals surface area contributed by atoms with Gasteiger partial charge < -0.3 is 10.5 Å². The zero-order valence-electron chi connectivity index (χ0n) is 12.3. The van der Waals surface area contributed by atoms with E-state index in [1.807, 2.05) is 0 Å². The minimum absolute atomic E-state index is 0.186. The third-order valence-corrected chi connectivity index (χ3v) is 5.88. The zero-order valence-corrected chi connectivity index (χ0v) is 14.8. The molecule has 114 valence electrons. The Morgan fingerprint density at radius 2 is 2.20 bits per heavy atom. The van der Waals surface area contributed by atoms with Crippen molar-refractivity contribution < 1.29 is 4.74 Å². The third-order valence-electron chi connectivity index (χ3n) is 4.12. The zero-order chi connectivity index (χ0) is 14.5. The van der Waals surface area contributed by atoms with Crippen molar-refractivity contribution in [3.8, 4) is 0 Å². The van der Waals surface area contributed by atoms with Crippen LogP contribution in [-0.4, -0.2) is 37.7 Å². The normalized spacial score (nSPS) is 20.2. The van der Waals surface area contributed by atoms with Gasteiger partial charge in [0.15, 0.2) is 0 Å². The van der Waals surface area contributed by atoms with E-state index in [2.05, 4.69) is 46.2 Å². The van der Waals surface area contributed by atoms with Crippen LogP contribution in [0.3, 0.4) is 0 Å². The number of nitrogens with zero attached hydrogens (tertiary/aromatic N) is 1. The topological polar surface area (TPSA) is 38.5 Å². The molecular formula is C15H25BrN2OS. The summed E-state index contributed by atoms with van der Waals surface area (Å²) in [4.78, 5) is 3.81. The first-order chi connectivity index (χ1) is 9.61. The first kappa shape index (κ1) is 16.4. The molecule has 1 fully saturated rings. The SMILES string of the molecule is CCC(N)C(c1cc(Br)cs1)N(C)CC1CCOCC1. The maximum absolute atomic E-state index is 6.39. The van der Waals surface area contributed by atoms with Gasteiger partial charge in [-0.15, -0.1) is 11.3 Å². The average Bonchev–Trinajstić information content (AvgIpc) is 2.86. The Kier molecular flexibility index (Phi) is 6.49. The van der Waals surface area contributed by atoms with Crippen LogP contribution in [0, 0.1) is 5.92 Å². The standard InChI is InChI=1S/C15H25BrN2OS/c1-3-13(17)15(14-8-12(16)10-20-14)18(2)9-11-4-6-19-7-5-11/h8,10-11,13,15H,3-7,9,17H2,1-2H3. The molecule has 1 aromatic rings. The first-order valence-corrected chi connectivity index (χ1v) is 9.06. The second-order valence-corrected chi connectivity index (χ2v) is 7.54. The minimum Gasteiger partial charge on any atom is -0.381 e. The fraction of sp³-hybridized carbons (Fsp3) is 0.733. The van der Waals surface area contributed by atoms with Gasteiger partial charge in [0.25, 0.3) is 0 Å². The van der Waals surface area contributed by atoms with Gasteiger partial charge in [0.2, 0.25) is 0 Å². The van der Waals surface area contributed by atoms with Crippen LogP contribution in [0.5, 0.6) is 0 Å². The van der Waals surface area contributed by atoms with Gasteiger partial charge in [-0.3, -0.25) is 4.90 Å². The van der Waals surface area contributed by atoms with Crippen LogP contribution in [0.25, 0.3) is 0 Å². The molecule has 1 aliphatic heterocycles. The molecule has 2 N–H and O–H groups in total. The highest BCUT2D eigenvalue weighted by Crippen LogP contribution is 2.32. The lowest BCUT2D eigenvalue weighted by Crippen LogP contribution is -2.41. The van der Waals surface area contributed by atoms with E-state index in [0.29, 0.717) is 6.04 Å². The monoisotopic (exact) mass is 360 g/mol. The van der Waals surface area contributed by atoms with Crippen LogP contribution in [0.1, 0.15) is 37.1 Å². The van der Waals surface area contributed by atoms with Crippen molar-refractivity contribution in [3.05, 3.63) is 20.8 Å². The predicted molar refractivity (Wildman–Crippen MR) is 89.2 cm³/mol. The number of nitrogens with two attached hydrogens (primary N) is 1. The van der Waals surface area contributed by atoms with Gasteiger partial charge in [-0.25, -0.2) is 0 Å². The Morgan fingerprint density at radius 3 is 2.75 bits per heavy atom. The van der Waals surface area contributed by atoms with E-state index in [1.54, 1.807) is 11.3 Å². The van der Waals surface area contributed by atoms with Crippen molar-refractivity contribution in [1.29, 1.82) is 0 Å². The second-order valence-electron chi connectivity index (χ2n) is 5.68. The Hall–Kier alpha value is 0.0600. The molecule has 0 radical (unpaired) electrons. The van der Waals surface area contributed by atoms with E-state index < -0.39 is 0 Å². The van der Waals surface area contributed by atoms with Gasteiger partial charge in [0.05, 0.1) is 6.04 Å². The number of halogens is 1. The molecule has 1 saturated heterocycles. The van der Waals surface area contributed by atoms with Gasteiger partial charge in [0, 0.05) is 40.5 Å². The van der Waals surface area contributed by atoms with Gasteiger partial charge in [-0.2, -0.15) is 0 Å². The Balaban J connectivity index is 2.05. The molecule has 0 amide bonds. The molecule has 1 aromatic heterocycles. The highest BCUT2D eigenvalue weighted by Gasteiger charge is 2.27. The summed E-state index contributed by atoms with van der Waals surface area (Å²) in [6.07, 6.45) is 3.34. The molecule has 2 rings (SSSR count). The molecule has 0 aromatic carbocycles. The van der Waals surface area contributed by atoms with Crippen LogP contribution in [0.15, 0.2) is 15.9 Å². The molecule has 3 nitrogen and oxygen atoms in total. The van der Waals surface area contributed by atoms with Crippen LogP contribution in [0.2, 0.25) is 0 Å². The van der Waals surface area contributed by atoms with Crippen LogP contribution >= 0.6 is 27.3 Å². The number of thiophene rings is 1. The van der Waals surface area contributed by atoms with Gasteiger partial charge in [0.1, 0.15) is 0 Å². The van der Waals surface area contributed by atoms with Crippen molar-refractivity contribution in [2.45, 2.75) is 38.3 Å². The quantitative estimate of drug-likeness (QED) is 0.841. The minimum atomic E-state index is 0.186. The third kappa shape index (κ3) is 4.28. The van der Waals surface area contributed by atoms with E-state index in [-0.39, 0.29) is 6.04 Å². The highest BCUT2D eigenvalue weighted by molar-refractivity contribution is 9.10. The van der Waals surface area contributed by atoms with Crippen molar-refractivity contribution >= 4 is 27.3 Å². The summed E-state index contributed by atoms with van der Waals surface area (Å²) in [5, 5.41) is 2.15. The van der Waals surface area contributed by atoms with Crippen molar-refractivity contribution in [2.24, 2.45) is 11.7 Å². The molecule has 2 atom stereocenters. The average molecular weight is 361 g/mol. The summed E-state index contributed by atoms with van der Waals surface area (Å²) in [6.45, 7) is 5.10. The van der Waals surface area contributed by atoms with E-state index >= 15 is 0 Å². The van der Waals surface area contributed by atoms with Crippen LogP contribution in [0.4, 0.5) is 0 Å². The smallest absolute Gasteiger partial charge is 0.0591 e. The summed E-state index contributed by atoms with van der Waals surface area (Å²) >= 11 is 5.35. The summed E-state index contributed by atoms with van der Waals surface area (Å²) in [5.41, 5.74) is 6.39. The van der Waals surface area contributed by atoms with E-state index in [0.717, 1.165) is 36.6 Å². The molecule has 0 spiro atoms. The molecule has 5 heteroatoms. The van der Waals surface area contributed by atoms with Gasteiger partial charge in [-0.05, 0) is 54.2 Å². The fourth-order valence-electron chi connectivity index (χ4n) is 2.91. The maximum atomic E-state index is 6.39. The Morgan fingerprint density at radius 1 is 1.50 bits per heavy atom. The number of likely N-dealkylation sites (N-methyl/N-ethyl adjacent to an activating group) is 1. The summed E-state index contributed by atoms with van der Waals surface area (Å²) in [7, 11) is 2.21. The second kappa shape index (κ2) is 7.90. The fourth-order valence-corrected chi connectivity index (χ4v) is 4.60.